The van der Waals surface area contributed by atoms with Gasteiger partial charge < -0.3 is 14.8 Å². The van der Waals surface area contributed by atoms with Gasteiger partial charge in [-0.05, 0) is 65.8 Å². The van der Waals surface area contributed by atoms with E-state index in [-0.39, 0.29) is 11.6 Å². The lowest BCUT2D eigenvalue weighted by Gasteiger charge is -2.35. The Morgan fingerprint density at radius 1 is 1.33 bits per heavy atom. The van der Waals surface area contributed by atoms with Crippen molar-refractivity contribution >= 4 is 5.97 Å². The summed E-state index contributed by atoms with van der Waals surface area (Å²) < 4.78 is 11.2. The van der Waals surface area contributed by atoms with Gasteiger partial charge in [0.1, 0.15) is 5.54 Å². The molecule has 124 valence electrons. The van der Waals surface area contributed by atoms with Crippen LogP contribution in [0.5, 0.6) is 0 Å². The summed E-state index contributed by atoms with van der Waals surface area (Å²) in [6.45, 7) is 12.2. The van der Waals surface area contributed by atoms with Crippen molar-refractivity contribution in [1.82, 2.24) is 5.32 Å². The van der Waals surface area contributed by atoms with E-state index in [4.69, 9.17) is 9.47 Å². The van der Waals surface area contributed by atoms with Crippen molar-refractivity contribution in [1.29, 1.82) is 0 Å². The average molecular weight is 299 g/mol. The number of hydrogen-bond donors (Lipinski definition) is 1. The van der Waals surface area contributed by atoms with Crippen LogP contribution in [0.4, 0.5) is 0 Å². The van der Waals surface area contributed by atoms with Crippen molar-refractivity contribution in [3.05, 3.63) is 0 Å². The molecule has 1 aliphatic carbocycles. The highest BCUT2D eigenvalue weighted by Gasteiger charge is 2.49. The maximum absolute atomic E-state index is 12.5. The van der Waals surface area contributed by atoms with Crippen molar-refractivity contribution in [3.8, 4) is 0 Å². The van der Waals surface area contributed by atoms with E-state index in [2.05, 4.69) is 33.0 Å². The average Bonchev–Trinajstić information content (AvgIpc) is 2.79. The third-order valence-corrected chi connectivity index (χ3v) is 4.15. The van der Waals surface area contributed by atoms with Crippen LogP contribution in [0.15, 0.2) is 0 Å². The zero-order valence-electron chi connectivity index (χ0n) is 14.5. The zero-order valence-corrected chi connectivity index (χ0v) is 14.5. The lowest BCUT2D eigenvalue weighted by atomic mass is 9.84. The molecule has 0 amide bonds. The Balaban J connectivity index is 2.71. The van der Waals surface area contributed by atoms with E-state index in [0.717, 1.165) is 38.6 Å². The maximum Gasteiger partial charge on any atom is 0.326 e. The lowest BCUT2D eigenvalue weighted by molar-refractivity contribution is -0.153. The molecule has 21 heavy (non-hydrogen) atoms. The van der Waals surface area contributed by atoms with Crippen molar-refractivity contribution in [2.75, 3.05) is 19.8 Å². The number of esters is 1. The van der Waals surface area contributed by atoms with Gasteiger partial charge in [0.25, 0.3) is 0 Å². The molecule has 0 heterocycles. The van der Waals surface area contributed by atoms with E-state index in [1.165, 1.54) is 0 Å². The fourth-order valence-corrected chi connectivity index (χ4v) is 3.16. The number of rotatable bonds is 8. The number of ether oxygens (including phenoxy) is 2. The lowest BCUT2D eigenvalue weighted by Crippen LogP contribution is -2.56. The van der Waals surface area contributed by atoms with Crippen LogP contribution in [0.1, 0.15) is 66.7 Å². The SMILES string of the molecule is CCCNC1(C(=O)OCC)CCCC1CCOC(C)(C)C. The molecule has 0 aromatic rings. The molecule has 0 aliphatic heterocycles. The topological polar surface area (TPSA) is 47.6 Å². The van der Waals surface area contributed by atoms with Crippen LogP contribution >= 0.6 is 0 Å². The second-order valence-corrected chi connectivity index (χ2v) is 6.96. The first-order chi connectivity index (χ1) is 9.85. The molecule has 0 aromatic heterocycles. The Hall–Kier alpha value is -0.610. The molecule has 2 atom stereocenters. The normalized spacial score (nSPS) is 26.0. The van der Waals surface area contributed by atoms with Crippen molar-refractivity contribution in [3.63, 3.8) is 0 Å². The summed E-state index contributed by atoms with van der Waals surface area (Å²) in [6.07, 6.45) is 4.96. The predicted molar refractivity (Wildman–Crippen MR) is 85.3 cm³/mol. The molecule has 0 radical (unpaired) electrons. The van der Waals surface area contributed by atoms with Crippen LogP contribution in [0.25, 0.3) is 0 Å². The summed E-state index contributed by atoms with van der Waals surface area (Å²) in [5, 5.41) is 3.50. The van der Waals surface area contributed by atoms with E-state index in [9.17, 15) is 4.79 Å². The fraction of sp³-hybridized carbons (Fsp3) is 0.941. The zero-order chi connectivity index (χ0) is 15.9. The van der Waals surface area contributed by atoms with Crippen LogP contribution in [-0.2, 0) is 14.3 Å². The van der Waals surface area contributed by atoms with Gasteiger partial charge >= 0.3 is 5.97 Å². The van der Waals surface area contributed by atoms with Crippen LogP contribution in [0, 0.1) is 5.92 Å². The maximum atomic E-state index is 12.5. The summed E-state index contributed by atoms with van der Waals surface area (Å²) in [5.74, 6) is 0.238. The van der Waals surface area contributed by atoms with Gasteiger partial charge in [-0.25, -0.2) is 0 Å². The molecule has 1 saturated carbocycles. The summed E-state index contributed by atoms with van der Waals surface area (Å²) in [4.78, 5) is 12.5. The van der Waals surface area contributed by atoms with E-state index in [1.807, 2.05) is 6.92 Å². The molecule has 1 aliphatic rings. The van der Waals surface area contributed by atoms with Gasteiger partial charge in [0, 0.05) is 6.61 Å². The fourth-order valence-electron chi connectivity index (χ4n) is 3.16. The third kappa shape index (κ3) is 5.26. The molecule has 2 unspecified atom stereocenters. The highest BCUT2D eigenvalue weighted by molar-refractivity contribution is 5.81. The third-order valence-electron chi connectivity index (χ3n) is 4.15. The number of nitrogens with one attached hydrogen (secondary N) is 1. The minimum atomic E-state index is -0.493. The molecular weight excluding hydrogens is 266 g/mol. The van der Waals surface area contributed by atoms with Gasteiger partial charge in [-0.15, -0.1) is 0 Å². The van der Waals surface area contributed by atoms with Gasteiger partial charge in [-0.3, -0.25) is 4.79 Å². The van der Waals surface area contributed by atoms with Crippen LogP contribution < -0.4 is 5.32 Å². The summed E-state index contributed by atoms with van der Waals surface area (Å²) in [7, 11) is 0. The van der Waals surface area contributed by atoms with Crippen molar-refractivity contribution in [2.45, 2.75) is 77.9 Å². The van der Waals surface area contributed by atoms with Crippen LogP contribution in [0.2, 0.25) is 0 Å². The van der Waals surface area contributed by atoms with Crippen LogP contribution in [0.3, 0.4) is 0 Å². The van der Waals surface area contributed by atoms with Gasteiger partial charge in [0.05, 0.1) is 12.2 Å². The molecule has 1 fully saturated rings. The second kappa shape index (κ2) is 8.14. The Bertz CT molecular complexity index is 324. The molecule has 0 saturated heterocycles. The Kier molecular flexibility index (Phi) is 7.14. The van der Waals surface area contributed by atoms with Gasteiger partial charge in [0.15, 0.2) is 0 Å². The van der Waals surface area contributed by atoms with E-state index < -0.39 is 5.54 Å². The molecule has 1 N–H and O–H groups in total. The first-order valence-electron chi connectivity index (χ1n) is 8.42. The highest BCUT2D eigenvalue weighted by Crippen LogP contribution is 2.39. The molecule has 4 heteroatoms. The smallest absolute Gasteiger partial charge is 0.326 e. The van der Waals surface area contributed by atoms with Gasteiger partial charge in [-0.1, -0.05) is 13.3 Å². The van der Waals surface area contributed by atoms with Crippen LogP contribution in [-0.4, -0.2) is 36.9 Å². The van der Waals surface area contributed by atoms with Crippen molar-refractivity contribution in [2.24, 2.45) is 5.92 Å². The van der Waals surface area contributed by atoms with E-state index >= 15 is 0 Å². The predicted octanol–water partition coefficient (Wildman–Crippen LogP) is 3.29. The molecule has 0 bridgehead atoms. The Morgan fingerprint density at radius 2 is 2.05 bits per heavy atom. The standard InChI is InChI=1S/C17H33NO3/c1-6-12-18-17(15(19)20-7-2)11-8-9-14(17)10-13-21-16(3,4)5/h14,18H,6-13H2,1-5H3. The molecule has 4 nitrogen and oxygen atoms in total. The Morgan fingerprint density at radius 3 is 2.62 bits per heavy atom. The quantitative estimate of drug-likeness (QED) is 0.699. The first-order valence-corrected chi connectivity index (χ1v) is 8.42. The van der Waals surface area contributed by atoms with E-state index in [1.54, 1.807) is 0 Å². The molecule has 1 rings (SSSR count). The van der Waals surface area contributed by atoms with Crippen molar-refractivity contribution < 1.29 is 14.3 Å². The summed E-state index contributed by atoms with van der Waals surface area (Å²) in [6, 6.07) is 0. The second-order valence-electron chi connectivity index (χ2n) is 6.96. The summed E-state index contributed by atoms with van der Waals surface area (Å²) >= 11 is 0. The minimum Gasteiger partial charge on any atom is -0.465 e. The monoisotopic (exact) mass is 299 g/mol. The molecule has 0 aromatic carbocycles. The number of carbonyl (C=O) groups is 1. The largest absolute Gasteiger partial charge is 0.465 e. The Labute approximate surface area is 130 Å². The van der Waals surface area contributed by atoms with Gasteiger partial charge in [0.2, 0.25) is 0 Å². The molecule has 0 spiro atoms. The number of carbonyl (C=O) groups excluding carboxylic acids is 1. The highest BCUT2D eigenvalue weighted by atomic mass is 16.5. The molecular formula is C17H33NO3. The summed E-state index contributed by atoms with van der Waals surface area (Å²) in [5.41, 5.74) is -0.616. The van der Waals surface area contributed by atoms with Gasteiger partial charge in [-0.2, -0.15) is 0 Å². The first kappa shape index (κ1) is 18.4. The number of hydrogen-bond acceptors (Lipinski definition) is 4. The van der Waals surface area contributed by atoms with E-state index in [0.29, 0.717) is 19.1 Å². The minimum absolute atomic E-state index is 0.0725.